The fourth-order valence-corrected chi connectivity index (χ4v) is 1.49. The zero-order valence-corrected chi connectivity index (χ0v) is 10.3. The van der Waals surface area contributed by atoms with E-state index in [1.165, 1.54) is 12.8 Å². The van der Waals surface area contributed by atoms with Crippen LogP contribution in [-0.2, 0) is 4.79 Å². The van der Waals surface area contributed by atoms with Crippen LogP contribution in [0.2, 0.25) is 0 Å². The van der Waals surface area contributed by atoms with Gasteiger partial charge in [-0.15, -0.1) is 0 Å². The minimum Gasteiger partial charge on any atom is -0.346 e. The maximum absolute atomic E-state index is 10.9. The van der Waals surface area contributed by atoms with E-state index in [0.29, 0.717) is 0 Å². The summed E-state index contributed by atoms with van der Waals surface area (Å²) in [6.45, 7) is 9.37. The van der Waals surface area contributed by atoms with E-state index in [2.05, 4.69) is 20.8 Å². The molecule has 0 heterocycles. The van der Waals surface area contributed by atoms with Crippen LogP contribution in [0.5, 0.6) is 0 Å². The Bertz CT molecular complexity index is 168. The number of nitrogens with zero attached hydrogens (tertiary/aromatic N) is 1. The molecule has 0 rings (SSSR count). The van der Waals surface area contributed by atoms with Crippen molar-refractivity contribution in [3.05, 3.63) is 0 Å². The topological polar surface area (TPSA) is 20.3 Å². The molecule has 0 saturated heterocycles. The fraction of sp³-hybridized carbons (Fsp3) is 0.917. The predicted octanol–water partition coefficient (Wildman–Crippen LogP) is 2.93. The lowest BCUT2D eigenvalue weighted by molar-refractivity contribution is -0.127. The minimum atomic E-state index is 0.168. The highest BCUT2D eigenvalue weighted by molar-refractivity contribution is 5.72. The second-order valence-corrected chi connectivity index (χ2v) is 4.45. The van der Waals surface area contributed by atoms with Gasteiger partial charge in [0.25, 0.3) is 0 Å². The molecule has 1 amide bonds. The van der Waals surface area contributed by atoms with Crippen LogP contribution >= 0.6 is 0 Å². The molecule has 0 fully saturated rings. The molecule has 2 heteroatoms. The van der Waals surface area contributed by atoms with Gasteiger partial charge in [-0.3, -0.25) is 4.79 Å². The molecule has 0 bridgehead atoms. The normalized spacial score (nSPS) is 14.9. The van der Waals surface area contributed by atoms with Crippen molar-refractivity contribution in [2.24, 2.45) is 11.8 Å². The maximum atomic E-state index is 10.9. The average Bonchev–Trinajstić information content (AvgIpc) is 2.15. The second-order valence-electron chi connectivity index (χ2n) is 4.45. The summed E-state index contributed by atoms with van der Waals surface area (Å²) in [4.78, 5) is 12.7. The van der Waals surface area contributed by atoms with Gasteiger partial charge in [0.05, 0.1) is 0 Å². The van der Waals surface area contributed by atoms with E-state index in [0.717, 1.165) is 24.8 Å². The molecule has 0 aliphatic heterocycles. The van der Waals surface area contributed by atoms with Crippen LogP contribution in [0.25, 0.3) is 0 Å². The quantitative estimate of drug-likeness (QED) is 0.644. The lowest BCUT2D eigenvalue weighted by Crippen LogP contribution is -2.25. The highest BCUT2D eigenvalue weighted by atomic mass is 16.2. The van der Waals surface area contributed by atoms with Crippen LogP contribution in [-0.4, -0.2) is 24.4 Å². The fourth-order valence-electron chi connectivity index (χ4n) is 1.49. The third kappa shape index (κ3) is 5.25. The molecule has 0 aliphatic rings. The molecule has 0 aromatic carbocycles. The van der Waals surface area contributed by atoms with Crippen LogP contribution in [0, 0.1) is 11.8 Å². The van der Waals surface area contributed by atoms with Crippen LogP contribution in [0.15, 0.2) is 0 Å². The summed E-state index contributed by atoms with van der Waals surface area (Å²) in [5.74, 6) is 1.75. The third-order valence-corrected chi connectivity index (χ3v) is 3.31. The molecule has 2 atom stereocenters. The standard InChI is InChI=1S/C12H25NO/c1-6-10(2)11(3)8-7-9-13(5)12(4)14/h10-11H,6-9H2,1-5H3. The van der Waals surface area contributed by atoms with E-state index in [-0.39, 0.29) is 5.91 Å². The van der Waals surface area contributed by atoms with Gasteiger partial charge in [0.2, 0.25) is 5.91 Å². The Balaban J connectivity index is 3.58. The number of carbonyl (C=O) groups excluding carboxylic acids is 1. The number of rotatable bonds is 6. The van der Waals surface area contributed by atoms with Gasteiger partial charge in [-0.1, -0.05) is 27.2 Å². The first-order valence-corrected chi connectivity index (χ1v) is 5.70. The lowest BCUT2D eigenvalue weighted by atomic mass is 9.90. The van der Waals surface area contributed by atoms with Crippen molar-refractivity contribution in [3.63, 3.8) is 0 Å². The van der Waals surface area contributed by atoms with E-state index in [1.807, 2.05) is 7.05 Å². The molecule has 0 saturated carbocycles. The molecule has 0 aromatic heterocycles. The zero-order valence-electron chi connectivity index (χ0n) is 10.3. The van der Waals surface area contributed by atoms with Crippen LogP contribution in [0.1, 0.15) is 47.0 Å². The van der Waals surface area contributed by atoms with Crippen molar-refractivity contribution in [1.82, 2.24) is 4.90 Å². The first-order valence-electron chi connectivity index (χ1n) is 5.70. The molecule has 0 radical (unpaired) electrons. The summed E-state index contributed by atoms with van der Waals surface area (Å²) < 4.78 is 0. The molecule has 0 aliphatic carbocycles. The third-order valence-electron chi connectivity index (χ3n) is 3.31. The number of amides is 1. The Kier molecular flexibility index (Phi) is 6.60. The van der Waals surface area contributed by atoms with E-state index < -0.39 is 0 Å². The first-order chi connectivity index (χ1) is 6.49. The van der Waals surface area contributed by atoms with Gasteiger partial charge in [0.15, 0.2) is 0 Å². The summed E-state index contributed by atoms with van der Waals surface area (Å²) in [6.07, 6.45) is 3.61. The SMILES string of the molecule is CCC(C)C(C)CCCN(C)C(C)=O. The monoisotopic (exact) mass is 199 g/mol. The zero-order chi connectivity index (χ0) is 11.1. The van der Waals surface area contributed by atoms with E-state index >= 15 is 0 Å². The summed E-state index contributed by atoms with van der Waals surface area (Å²) in [5.41, 5.74) is 0. The van der Waals surface area contributed by atoms with Gasteiger partial charge in [0.1, 0.15) is 0 Å². The van der Waals surface area contributed by atoms with Gasteiger partial charge < -0.3 is 4.90 Å². The second kappa shape index (κ2) is 6.86. The number of hydrogen-bond acceptors (Lipinski definition) is 1. The van der Waals surface area contributed by atoms with Crippen molar-refractivity contribution < 1.29 is 4.79 Å². The highest BCUT2D eigenvalue weighted by Gasteiger charge is 2.10. The number of carbonyl (C=O) groups is 1. The summed E-state index contributed by atoms with van der Waals surface area (Å²) in [7, 11) is 1.87. The van der Waals surface area contributed by atoms with Crippen molar-refractivity contribution in [3.8, 4) is 0 Å². The molecular weight excluding hydrogens is 174 g/mol. The lowest BCUT2D eigenvalue weighted by Gasteiger charge is -2.20. The highest BCUT2D eigenvalue weighted by Crippen LogP contribution is 2.19. The predicted molar refractivity (Wildman–Crippen MR) is 61.2 cm³/mol. The maximum Gasteiger partial charge on any atom is 0.219 e. The Morgan fingerprint density at radius 1 is 1.29 bits per heavy atom. The molecule has 84 valence electrons. The summed E-state index contributed by atoms with van der Waals surface area (Å²) in [5, 5.41) is 0. The minimum absolute atomic E-state index is 0.168. The summed E-state index contributed by atoms with van der Waals surface area (Å²) in [6, 6.07) is 0. The molecule has 0 aromatic rings. The molecular formula is C12H25NO. The van der Waals surface area contributed by atoms with Gasteiger partial charge in [0, 0.05) is 20.5 Å². The number of hydrogen-bond donors (Lipinski definition) is 0. The summed E-state index contributed by atoms with van der Waals surface area (Å²) >= 11 is 0. The van der Waals surface area contributed by atoms with E-state index in [4.69, 9.17) is 0 Å². The molecule has 0 spiro atoms. The van der Waals surface area contributed by atoms with Gasteiger partial charge >= 0.3 is 0 Å². The molecule has 0 N–H and O–H groups in total. The van der Waals surface area contributed by atoms with Crippen molar-refractivity contribution in [2.75, 3.05) is 13.6 Å². The van der Waals surface area contributed by atoms with E-state index in [1.54, 1.807) is 11.8 Å². The Hall–Kier alpha value is -0.530. The average molecular weight is 199 g/mol. The van der Waals surface area contributed by atoms with Crippen molar-refractivity contribution in [2.45, 2.75) is 47.0 Å². The molecule has 2 unspecified atom stereocenters. The van der Waals surface area contributed by atoms with Crippen molar-refractivity contribution in [1.29, 1.82) is 0 Å². The van der Waals surface area contributed by atoms with Crippen LogP contribution < -0.4 is 0 Å². The van der Waals surface area contributed by atoms with E-state index in [9.17, 15) is 4.79 Å². The van der Waals surface area contributed by atoms with Gasteiger partial charge in [-0.2, -0.15) is 0 Å². The largest absolute Gasteiger partial charge is 0.346 e. The van der Waals surface area contributed by atoms with Crippen LogP contribution in [0.4, 0.5) is 0 Å². The molecule has 14 heavy (non-hydrogen) atoms. The Labute approximate surface area is 88.7 Å². The van der Waals surface area contributed by atoms with Crippen molar-refractivity contribution >= 4 is 5.91 Å². The Morgan fingerprint density at radius 2 is 1.86 bits per heavy atom. The Morgan fingerprint density at radius 3 is 2.29 bits per heavy atom. The smallest absolute Gasteiger partial charge is 0.219 e. The van der Waals surface area contributed by atoms with Crippen LogP contribution in [0.3, 0.4) is 0 Å². The first kappa shape index (κ1) is 13.5. The van der Waals surface area contributed by atoms with Gasteiger partial charge in [-0.05, 0) is 24.7 Å². The van der Waals surface area contributed by atoms with Gasteiger partial charge in [-0.25, -0.2) is 0 Å². The molecule has 2 nitrogen and oxygen atoms in total.